The number of benzene rings is 1. The van der Waals surface area contributed by atoms with Crippen LogP contribution in [0.15, 0.2) is 34.6 Å². The first-order chi connectivity index (χ1) is 10.0. The van der Waals surface area contributed by atoms with Gasteiger partial charge in [0.15, 0.2) is 5.96 Å². The van der Waals surface area contributed by atoms with E-state index in [0.717, 1.165) is 16.9 Å². The fraction of sp³-hybridized carbons (Fsp3) is 0.214. The Kier molecular flexibility index (Phi) is 4.54. The van der Waals surface area contributed by atoms with Crippen LogP contribution in [0.25, 0.3) is 11.3 Å². The van der Waals surface area contributed by atoms with Crippen molar-refractivity contribution in [2.75, 3.05) is 4.90 Å². The molecule has 0 radical (unpaired) electrons. The number of anilines is 1. The second-order valence-electron chi connectivity index (χ2n) is 4.73. The van der Waals surface area contributed by atoms with Crippen LogP contribution in [0.4, 0.5) is 10.8 Å². The van der Waals surface area contributed by atoms with Gasteiger partial charge in [0.25, 0.3) is 0 Å². The number of rotatable bonds is 5. The van der Waals surface area contributed by atoms with Crippen molar-refractivity contribution in [3.63, 3.8) is 0 Å². The van der Waals surface area contributed by atoms with Crippen LogP contribution in [0.2, 0.25) is 0 Å². The molecule has 1 aromatic heterocycles. The maximum atomic E-state index is 7.47. The molecule has 0 unspecified atom stereocenters. The lowest BCUT2D eigenvalue weighted by Gasteiger charge is -2.23. The third kappa shape index (κ3) is 3.57. The van der Waals surface area contributed by atoms with E-state index in [0.29, 0.717) is 5.13 Å². The number of nitrogens with one attached hydrogen (secondary N) is 1. The van der Waals surface area contributed by atoms with Gasteiger partial charge in [-0.05, 0) is 26.0 Å². The second kappa shape index (κ2) is 6.36. The van der Waals surface area contributed by atoms with Gasteiger partial charge < -0.3 is 16.4 Å². The van der Waals surface area contributed by atoms with Crippen molar-refractivity contribution in [3.8, 4) is 11.3 Å². The van der Waals surface area contributed by atoms with E-state index in [4.69, 9.17) is 16.9 Å². The van der Waals surface area contributed by atoms with Gasteiger partial charge in [-0.15, -0.1) is 11.3 Å². The van der Waals surface area contributed by atoms with Crippen molar-refractivity contribution in [1.82, 2.24) is 4.98 Å². The molecule has 0 saturated heterocycles. The fourth-order valence-corrected chi connectivity index (χ4v) is 2.60. The van der Waals surface area contributed by atoms with Gasteiger partial charge in [0.05, 0.1) is 12.0 Å². The summed E-state index contributed by atoms with van der Waals surface area (Å²) in [6, 6.07) is 8.13. The summed E-state index contributed by atoms with van der Waals surface area (Å²) in [6.45, 7) is 4.09. The van der Waals surface area contributed by atoms with E-state index in [9.17, 15) is 0 Å². The smallest absolute Gasteiger partial charge is 0.212 e. The number of aliphatic imine (C=N–C) groups is 1. The Morgan fingerprint density at radius 3 is 2.52 bits per heavy atom. The predicted molar refractivity (Wildman–Crippen MR) is 89.4 cm³/mol. The normalized spacial score (nSPS) is 10.4. The second-order valence-corrected chi connectivity index (χ2v) is 5.57. The number of guanidine groups is 1. The van der Waals surface area contributed by atoms with Gasteiger partial charge in [-0.1, -0.05) is 12.1 Å². The maximum absolute atomic E-state index is 7.47. The SMILES string of the molecule is CC(C)N(C=N)c1ccc(-c2csc(N=C(N)N)n2)cc1. The molecule has 0 fully saturated rings. The zero-order valence-electron chi connectivity index (χ0n) is 11.9. The lowest BCUT2D eigenvalue weighted by Crippen LogP contribution is -2.28. The Labute approximate surface area is 127 Å². The number of hydrogen-bond donors (Lipinski definition) is 3. The fourth-order valence-electron chi connectivity index (χ4n) is 1.88. The van der Waals surface area contributed by atoms with E-state index in [-0.39, 0.29) is 12.0 Å². The van der Waals surface area contributed by atoms with Crippen LogP contribution >= 0.6 is 11.3 Å². The molecule has 2 rings (SSSR count). The summed E-state index contributed by atoms with van der Waals surface area (Å²) in [5.41, 5.74) is 13.5. The monoisotopic (exact) mass is 302 g/mol. The Balaban J connectivity index is 2.24. The molecule has 0 atom stereocenters. The van der Waals surface area contributed by atoms with Crippen molar-refractivity contribution in [3.05, 3.63) is 29.6 Å². The maximum Gasteiger partial charge on any atom is 0.212 e. The zero-order chi connectivity index (χ0) is 15.4. The van der Waals surface area contributed by atoms with E-state index in [2.05, 4.69) is 9.98 Å². The molecule has 1 aromatic carbocycles. The summed E-state index contributed by atoms with van der Waals surface area (Å²) in [6.07, 6.45) is 1.33. The first-order valence-electron chi connectivity index (χ1n) is 6.46. The molecule has 0 saturated carbocycles. The molecule has 7 heteroatoms. The summed E-state index contributed by atoms with van der Waals surface area (Å²) >= 11 is 1.39. The summed E-state index contributed by atoms with van der Waals surface area (Å²) in [4.78, 5) is 10.2. The largest absolute Gasteiger partial charge is 0.370 e. The third-order valence-electron chi connectivity index (χ3n) is 2.87. The summed E-state index contributed by atoms with van der Waals surface area (Å²) in [7, 11) is 0. The highest BCUT2D eigenvalue weighted by molar-refractivity contribution is 7.13. The predicted octanol–water partition coefficient (Wildman–Crippen LogP) is 2.54. The average molecular weight is 302 g/mol. The molecule has 0 spiro atoms. The van der Waals surface area contributed by atoms with E-state index in [1.165, 1.54) is 17.7 Å². The highest BCUT2D eigenvalue weighted by Crippen LogP contribution is 2.28. The van der Waals surface area contributed by atoms with Crippen LogP contribution in [-0.2, 0) is 0 Å². The Morgan fingerprint density at radius 2 is 2.00 bits per heavy atom. The van der Waals surface area contributed by atoms with Gasteiger partial charge >= 0.3 is 0 Å². The number of nitrogens with two attached hydrogens (primary N) is 2. The quantitative estimate of drug-likeness (QED) is 0.583. The van der Waals surface area contributed by atoms with Crippen LogP contribution in [0.1, 0.15) is 13.8 Å². The van der Waals surface area contributed by atoms with E-state index in [1.54, 1.807) is 0 Å². The first-order valence-corrected chi connectivity index (χ1v) is 7.33. The van der Waals surface area contributed by atoms with Gasteiger partial charge in [0, 0.05) is 22.7 Å². The molecule has 0 aliphatic carbocycles. The van der Waals surface area contributed by atoms with Crippen LogP contribution in [0.3, 0.4) is 0 Å². The van der Waals surface area contributed by atoms with Crippen molar-refractivity contribution in [2.45, 2.75) is 19.9 Å². The topological polar surface area (TPSA) is 104 Å². The van der Waals surface area contributed by atoms with Crippen LogP contribution in [-0.4, -0.2) is 23.3 Å². The molecule has 0 aliphatic heterocycles. The first kappa shape index (κ1) is 15.0. The molecule has 0 bridgehead atoms. The van der Waals surface area contributed by atoms with Crippen LogP contribution in [0.5, 0.6) is 0 Å². The summed E-state index contributed by atoms with van der Waals surface area (Å²) in [5.74, 6) is 0.00445. The minimum Gasteiger partial charge on any atom is -0.370 e. The molecule has 6 nitrogen and oxygen atoms in total. The number of hydrogen-bond acceptors (Lipinski definition) is 4. The van der Waals surface area contributed by atoms with E-state index < -0.39 is 0 Å². The lowest BCUT2D eigenvalue weighted by molar-refractivity contribution is 0.813. The minimum absolute atomic E-state index is 0.00445. The van der Waals surface area contributed by atoms with Gasteiger partial charge in [-0.2, -0.15) is 4.99 Å². The molecule has 21 heavy (non-hydrogen) atoms. The van der Waals surface area contributed by atoms with Gasteiger partial charge in [-0.3, -0.25) is 5.41 Å². The van der Waals surface area contributed by atoms with Crippen LogP contribution < -0.4 is 16.4 Å². The molecule has 0 aliphatic rings. The molecule has 0 amide bonds. The van der Waals surface area contributed by atoms with Gasteiger partial charge in [0.2, 0.25) is 5.13 Å². The van der Waals surface area contributed by atoms with Crippen molar-refractivity contribution < 1.29 is 0 Å². The molecule has 5 N–H and O–H groups in total. The molecule has 1 heterocycles. The Bertz CT molecular complexity index is 640. The third-order valence-corrected chi connectivity index (χ3v) is 3.61. The molecule has 110 valence electrons. The van der Waals surface area contributed by atoms with Gasteiger partial charge in [0.1, 0.15) is 0 Å². The van der Waals surface area contributed by atoms with E-state index in [1.807, 2.05) is 48.4 Å². The zero-order valence-corrected chi connectivity index (χ0v) is 12.8. The van der Waals surface area contributed by atoms with Gasteiger partial charge in [-0.25, -0.2) is 4.98 Å². The number of aromatic nitrogens is 1. The standard InChI is InChI=1S/C14H18N6S/c1-9(2)20(8-15)11-5-3-10(4-6-11)12-7-21-14(18-12)19-13(16)17/h3-9,15H,1-2H3,(H4,16,17,18,19). The molecular formula is C14H18N6S. The Hall–Kier alpha value is -2.41. The van der Waals surface area contributed by atoms with Crippen molar-refractivity contribution >= 4 is 34.5 Å². The molecule has 2 aromatic rings. The lowest BCUT2D eigenvalue weighted by atomic mass is 10.1. The number of nitrogens with zero attached hydrogens (tertiary/aromatic N) is 3. The van der Waals surface area contributed by atoms with Crippen LogP contribution in [0, 0.1) is 5.41 Å². The Morgan fingerprint density at radius 1 is 1.33 bits per heavy atom. The average Bonchev–Trinajstić information content (AvgIpc) is 2.87. The minimum atomic E-state index is 0.00445. The molecular weight excluding hydrogens is 284 g/mol. The highest BCUT2D eigenvalue weighted by atomic mass is 32.1. The highest BCUT2D eigenvalue weighted by Gasteiger charge is 2.09. The van der Waals surface area contributed by atoms with Crippen molar-refractivity contribution in [2.24, 2.45) is 16.5 Å². The summed E-state index contributed by atoms with van der Waals surface area (Å²) < 4.78 is 0. The number of thiazole rings is 1. The van der Waals surface area contributed by atoms with E-state index >= 15 is 0 Å². The summed E-state index contributed by atoms with van der Waals surface area (Å²) in [5, 5.41) is 9.92. The van der Waals surface area contributed by atoms with Crippen molar-refractivity contribution in [1.29, 1.82) is 5.41 Å².